The van der Waals surface area contributed by atoms with Gasteiger partial charge in [-0.15, -0.1) is 0 Å². The maximum absolute atomic E-state index is 12.6. The zero-order chi connectivity index (χ0) is 20.8. The van der Waals surface area contributed by atoms with E-state index in [1.54, 1.807) is 0 Å². The first-order valence-corrected chi connectivity index (χ1v) is 7.78. The van der Waals surface area contributed by atoms with Gasteiger partial charge in [0.2, 0.25) is 0 Å². The molecular weight excluding hydrogens is 388 g/mol. The van der Waals surface area contributed by atoms with Crippen LogP contribution in [-0.2, 0) is 17.1 Å². The zero-order valence-electron chi connectivity index (χ0n) is 14.1. The van der Waals surface area contributed by atoms with Crippen molar-refractivity contribution in [3.8, 4) is 17.6 Å². The number of rotatable bonds is 4. The van der Waals surface area contributed by atoms with Gasteiger partial charge in [0.1, 0.15) is 5.75 Å². The van der Waals surface area contributed by atoms with E-state index in [0.717, 1.165) is 30.3 Å². The molecule has 0 heterocycles. The normalized spacial score (nSPS) is 11.4. The first-order valence-electron chi connectivity index (χ1n) is 7.78. The molecule has 0 aliphatic carbocycles. The molecule has 0 bridgehead atoms. The summed E-state index contributed by atoms with van der Waals surface area (Å²) in [4.78, 5) is 11.6. The summed E-state index contributed by atoms with van der Waals surface area (Å²) in [5.41, 5.74) is -1.61. The van der Waals surface area contributed by atoms with Crippen LogP contribution in [0.15, 0.2) is 48.5 Å². The molecule has 0 aliphatic heterocycles. The Morgan fingerprint density at radius 1 is 0.929 bits per heavy atom. The number of hydrogen-bond donors (Lipinski definition) is 1. The smallest absolute Gasteiger partial charge is 0.416 e. The summed E-state index contributed by atoms with van der Waals surface area (Å²) >= 11 is 0. The average molecular weight is 401 g/mol. The molecule has 28 heavy (non-hydrogen) atoms. The Morgan fingerprint density at radius 3 is 2.18 bits per heavy atom. The highest BCUT2D eigenvalue weighted by Crippen LogP contribution is 2.31. The fourth-order valence-electron chi connectivity index (χ4n) is 2.02. The Kier molecular flexibility index (Phi) is 6.57. The second-order valence-electron chi connectivity index (χ2n) is 5.47. The third-order valence-corrected chi connectivity index (χ3v) is 3.33. The number of alkyl halides is 6. The Morgan fingerprint density at radius 2 is 1.54 bits per heavy atom. The molecule has 0 aliphatic rings. The predicted molar refractivity (Wildman–Crippen MR) is 88.3 cm³/mol. The van der Waals surface area contributed by atoms with Gasteiger partial charge in [-0.25, -0.2) is 0 Å². The number of carbonyl (C=O) groups excluding carboxylic acids is 1. The lowest BCUT2D eigenvalue weighted by Crippen LogP contribution is -2.29. The molecule has 2 aromatic carbocycles. The third-order valence-electron chi connectivity index (χ3n) is 3.33. The summed E-state index contributed by atoms with van der Waals surface area (Å²) < 4.78 is 80.5. The molecular formula is C19H13F6NO2. The largest absolute Gasteiger partial charge is 0.484 e. The lowest BCUT2D eigenvalue weighted by molar-refractivity contribution is -0.138. The average Bonchev–Trinajstić information content (AvgIpc) is 2.63. The van der Waals surface area contributed by atoms with Gasteiger partial charge in [-0.3, -0.25) is 4.79 Å². The van der Waals surface area contributed by atoms with Crippen LogP contribution in [0.3, 0.4) is 0 Å². The molecule has 2 rings (SSSR count). The monoisotopic (exact) mass is 401 g/mol. The number of halogens is 6. The van der Waals surface area contributed by atoms with Crippen molar-refractivity contribution in [3.63, 3.8) is 0 Å². The predicted octanol–water partition coefficient (Wildman–Crippen LogP) is 4.27. The summed E-state index contributed by atoms with van der Waals surface area (Å²) in [5.74, 6) is 4.20. The molecule has 0 spiro atoms. The van der Waals surface area contributed by atoms with Gasteiger partial charge in [-0.2, -0.15) is 26.3 Å². The fraction of sp³-hybridized carbons (Fsp3) is 0.211. The SMILES string of the molecule is O=C(COc1cccc(C(F)(F)F)c1)NCC#Cc1cccc(C(F)(F)F)c1. The standard InChI is InChI=1S/C19H13F6NO2/c20-18(21,22)14-6-1-4-13(10-14)5-3-9-26-17(27)12-28-16-8-2-7-15(11-16)19(23,24)25/h1-2,4,6-8,10-11H,9,12H2,(H,26,27). The van der Waals surface area contributed by atoms with E-state index >= 15 is 0 Å². The van der Waals surface area contributed by atoms with Crippen molar-refractivity contribution >= 4 is 5.91 Å². The molecule has 0 fully saturated rings. The molecule has 1 amide bonds. The van der Waals surface area contributed by atoms with Crippen LogP contribution in [0.25, 0.3) is 0 Å². The van der Waals surface area contributed by atoms with Gasteiger partial charge in [-0.05, 0) is 36.4 Å². The fourth-order valence-corrected chi connectivity index (χ4v) is 2.02. The number of hydrogen-bond acceptors (Lipinski definition) is 2. The molecule has 0 atom stereocenters. The summed E-state index contributed by atoms with van der Waals surface area (Å²) in [6.07, 6.45) is -9.01. The van der Waals surface area contributed by atoms with Gasteiger partial charge in [0.25, 0.3) is 5.91 Å². The maximum atomic E-state index is 12.6. The highest BCUT2D eigenvalue weighted by molar-refractivity contribution is 5.77. The van der Waals surface area contributed by atoms with Crippen LogP contribution in [-0.4, -0.2) is 19.1 Å². The summed E-state index contributed by atoms with van der Waals surface area (Å²) in [6.45, 7) is -0.701. The molecule has 9 heteroatoms. The van der Waals surface area contributed by atoms with Crippen LogP contribution in [0, 0.1) is 11.8 Å². The number of ether oxygens (including phenoxy) is 1. The van der Waals surface area contributed by atoms with E-state index in [-0.39, 0.29) is 17.9 Å². The minimum absolute atomic E-state index is 0.125. The van der Waals surface area contributed by atoms with Crippen molar-refractivity contribution in [1.29, 1.82) is 0 Å². The molecule has 0 unspecified atom stereocenters. The van der Waals surface area contributed by atoms with Crippen molar-refractivity contribution in [2.24, 2.45) is 0 Å². The van der Waals surface area contributed by atoms with Gasteiger partial charge in [0, 0.05) is 5.56 Å². The summed E-state index contributed by atoms with van der Waals surface area (Å²) in [5, 5.41) is 2.33. The Labute approximate surface area is 156 Å². The lowest BCUT2D eigenvalue weighted by Gasteiger charge is -2.09. The summed E-state index contributed by atoms with van der Waals surface area (Å²) in [6, 6.07) is 8.46. The van der Waals surface area contributed by atoms with Crippen molar-refractivity contribution in [1.82, 2.24) is 5.32 Å². The first-order chi connectivity index (χ1) is 13.1. The summed E-state index contributed by atoms with van der Waals surface area (Å²) in [7, 11) is 0. The lowest BCUT2D eigenvalue weighted by atomic mass is 10.1. The van der Waals surface area contributed by atoms with Crippen molar-refractivity contribution in [2.45, 2.75) is 12.4 Å². The first kappa shape index (κ1) is 21.2. The molecule has 2 aromatic rings. The zero-order valence-corrected chi connectivity index (χ0v) is 14.1. The van der Waals surface area contributed by atoms with Crippen LogP contribution in [0.4, 0.5) is 26.3 Å². The van der Waals surface area contributed by atoms with Crippen LogP contribution in [0.5, 0.6) is 5.75 Å². The van der Waals surface area contributed by atoms with Crippen molar-refractivity contribution < 1.29 is 35.9 Å². The topological polar surface area (TPSA) is 38.3 Å². The number of benzene rings is 2. The van der Waals surface area contributed by atoms with Crippen LogP contribution >= 0.6 is 0 Å². The van der Waals surface area contributed by atoms with Crippen molar-refractivity contribution in [2.75, 3.05) is 13.2 Å². The van der Waals surface area contributed by atoms with E-state index in [1.165, 1.54) is 18.2 Å². The van der Waals surface area contributed by atoms with E-state index < -0.39 is 36.0 Å². The molecule has 1 N–H and O–H groups in total. The second kappa shape index (κ2) is 8.69. The van der Waals surface area contributed by atoms with Gasteiger partial charge in [-0.1, -0.05) is 24.0 Å². The minimum Gasteiger partial charge on any atom is -0.484 e. The van der Waals surface area contributed by atoms with E-state index in [2.05, 4.69) is 17.2 Å². The highest BCUT2D eigenvalue weighted by Gasteiger charge is 2.31. The van der Waals surface area contributed by atoms with Crippen LogP contribution < -0.4 is 10.1 Å². The van der Waals surface area contributed by atoms with Crippen LogP contribution in [0.2, 0.25) is 0 Å². The quantitative estimate of drug-likeness (QED) is 0.614. The van der Waals surface area contributed by atoms with E-state index in [4.69, 9.17) is 4.74 Å². The molecule has 0 saturated carbocycles. The minimum atomic E-state index is -4.53. The van der Waals surface area contributed by atoms with E-state index in [9.17, 15) is 31.1 Å². The molecule has 0 radical (unpaired) electrons. The Bertz CT molecular complexity index is 894. The van der Waals surface area contributed by atoms with Gasteiger partial charge in [0.15, 0.2) is 6.61 Å². The molecule has 3 nitrogen and oxygen atoms in total. The Balaban J connectivity index is 1.84. The second-order valence-corrected chi connectivity index (χ2v) is 5.47. The molecule has 0 aromatic heterocycles. The van der Waals surface area contributed by atoms with Gasteiger partial charge in [0.05, 0.1) is 17.7 Å². The Hall–Kier alpha value is -3.15. The van der Waals surface area contributed by atoms with Gasteiger partial charge >= 0.3 is 12.4 Å². The van der Waals surface area contributed by atoms with E-state index in [1.807, 2.05) is 0 Å². The van der Waals surface area contributed by atoms with Gasteiger partial charge < -0.3 is 10.1 Å². The number of amides is 1. The number of nitrogens with one attached hydrogen (secondary N) is 1. The van der Waals surface area contributed by atoms with Crippen LogP contribution in [0.1, 0.15) is 16.7 Å². The highest BCUT2D eigenvalue weighted by atomic mass is 19.4. The van der Waals surface area contributed by atoms with Crippen molar-refractivity contribution in [3.05, 3.63) is 65.2 Å². The van der Waals surface area contributed by atoms with E-state index in [0.29, 0.717) is 0 Å². The molecule has 0 saturated heterocycles. The maximum Gasteiger partial charge on any atom is 0.416 e. The third kappa shape index (κ3) is 6.54. The number of carbonyl (C=O) groups is 1. The molecule has 148 valence electrons.